The maximum absolute atomic E-state index is 12.0. The van der Waals surface area contributed by atoms with E-state index in [0.717, 1.165) is 48.3 Å². The van der Waals surface area contributed by atoms with E-state index >= 15 is 0 Å². The molecule has 4 rings (SSSR count). The Bertz CT molecular complexity index is 1740. The normalized spacial score (nSPS) is 26.5. The third-order valence-corrected chi connectivity index (χ3v) is 16.3. The lowest BCUT2D eigenvalue weighted by Gasteiger charge is -2.44. The maximum Gasteiger partial charge on any atom is 0.306 e. The third-order valence-electron chi connectivity index (χ3n) is 16.3. The Balaban J connectivity index is 0.000000369. The summed E-state index contributed by atoms with van der Waals surface area (Å²) in [6.45, 7) is 26.7. The van der Waals surface area contributed by atoms with Crippen LogP contribution in [0.1, 0.15) is 243 Å². The van der Waals surface area contributed by atoms with Gasteiger partial charge in [-0.15, -0.1) is 0 Å². The molecule has 6 atom stereocenters. The lowest BCUT2D eigenvalue weighted by atomic mass is 9.60. The molecule has 0 saturated heterocycles. The predicted octanol–water partition coefficient (Wildman–Crippen LogP) is 17.2. The van der Waals surface area contributed by atoms with Gasteiger partial charge in [0.2, 0.25) is 0 Å². The minimum absolute atomic E-state index is 0.0720. The van der Waals surface area contributed by atoms with Crippen LogP contribution in [-0.4, -0.2) is 45.7 Å². The average molecular weight is 942 g/mol. The molecule has 0 amide bonds. The molecule has 3 fully saturated rings. The van der Waals surface area contributed by atoms with Gasteiger partial charge in [-0.25, -0.2) is 0 Å². The number of hydrogen-bond acceptors (Lipinski definition) is 5. The maximum atomic E-state index is 12.0. The van der Waals surface area contributed by atoms with E-state index in [4.69, 9.17) is 4.74 Å². The number of aliphatic hydroxyl groups is 3. The molecule has 0 spiro atoms. The lowest BCUT2D eigenvalue weighted by Crippen LogP contribution is -2.36. The van der Waals surface area contributed by atoms with Gasteiger partial charge in [0.25, 0.3) is 0 Å². The molecule has 5 nitrogen and oxygen atoms in total. The topological polar surface area (TPSA) is 87.0 Å². The van der Waals surface area contributed by atoms with Crippen molar-refractivity contribution in [1.29, 1.82) is 0 Å². The Hall–Kier alpha value is -2.73. The first kappa shape index (κ1) is 59.6. The number of carbonyl (C=O) groups excluding carboxylic acids is 1. The van der Waals surface area contributed by atoms with Gasteiger partial charge in [-0.2, -0.15) is 0 Å². The fourth-order valence-electron chi connectivity index (χ4n) is 12.1. The van der Waals surface area contributed by atoms with Gasteiger partial charge in [0, 0.05) is 12.8 Å². The number of allylic oxidation sites excluding steroid dienone is 12. The SMILES string of the molecule is C=C1/C(=C\C=C2/CCC[C@]3(C)[C@@H]([C@H](C)CCCC(C)(C)O)CC[C@@H]23)C[C@@H](O)C[C@@H]1O.CCCCCCCCCCCCCCCC(=O)OC/C=C(C)/C=C/C=C(C)/C=C/C1=C(C)CCCC1(C)C. The summed E-state index contributed by atoms with van der Waals surface area (Å²) >= 11 is 0. The number of esters is 1. The summed E-state index contributed by atoms with van der Waals surface area (Å²) in [6, 6.07) is 0. The highest BCUT2D eigenvalue weighted by molar-refractivity contribution is 5.69. The molecule has 0 bridgehead atoms. The molecule has 3 saturated carbocycles. The van der Waals surface area contributed by atoms with Crippen molar-refractivity contribution in [1.82, 2.24) is 0 Å². The second-order valence-corrected chi connectivity index (χ2v) is 23.5. The number of rotatable bonds is 26. The summed E-state index contributed by atoms with van der Waals surface area (Å²) in [4.78, 5) is 12.0. The van der Waals surface area contributed by atoms with Crippen molar-refractivity contribution in [3.63, 3.8) is 0 Å². The quantitative estimate of drug-likeness (QED) is 0.0457. The molecule has 5 heteroatoms. The summed E-state index contributed by atoms with van der Waals surface area (Å²) in [5.74, 6) is 2.03. The van der Waals surface area contributed by atoms with Crippen molar-refractivity contribution in [3.05, 3.63) is 94.2 Å². The van der Waals surface area contributed by atoms with Gasteiger partial charge in [-0.1, -0.05) is 196 Å². The molecule has 0 aliphatic heterocycles. The number of aliphatic hydroxyl groups excluding tert-OH is 2. The van der Waals surface area contributed by atoms with Crippen LogP contribution in [0.2, 0.25) is 0 Å². The highest BCUT2D eigenvalue weighted by Gasteiger charge is 2.50. The van der Waals surface area contributed by atoms with Gasteiger partial charge in [0.15, 0.2) is 0 Å². The number of carbonyl (C=O) groups is 1. The molecule has 0 aromatic carbocycles. The minimum atomic E-state index is -0.615. The highest BCUT2D eigenvalue weighted by Crippen LogP contribution is 2.60. The number of hydrogen-bond donors (Lipinski definition) is 3. The first-order chi connectivity index (χ1) is 32.3. The van der Waals surface area contributed by atoms with Crippen LogP contribution < -0.4 is 0 Å². The largest absolute Gasteiger partial charge is 0.461 e. The summed E-state index contributed by atoms with van der Waals surface area (Å²) < 4.78 is 5.40. The van der Waals surface area contributed by atoms with Crippen LogP contribution in [0.4, 0.5) is 0 Å². The monoisotopic (exact) mass is 941 g/mol. The zero-order chi connectivity index (χ0) is 50.2. The molecule has 0 unspecified atom stereocenters. The molecule has 3 N–H and O–H groups in total. The smallest absolute Gasteiger partial charge is 0.306 e. The molecule has 68 heavy (non-hydrogen) atoms. The van der Waals surface area contributed by atoms with Crippen molar-refractivity contribution in [2.24, 2.45) is 28.6 Å². The van der Waals surface area contributed by atoms with Gasteiger partial charge >= 0.3 is 5.97 Å². The Morgan fingerprint density at radius 1 is 0.853 bits per heavy atom. The van der Waals surface area contributed by atoms with Crippen molar-refractivity contribution >= 4 is 5.97 Å². The Morgan fingerprint density at radius 3 is 2.12 bits per heavy atom. The van der Waals surface area contributed by atoms with Crippen LogP contribution in [0.3, 0.4) is 0 Å². The molecule has 0 heterocycles. The third kappa shape index (κ3) is 21.7. The summed E-state index contributed by atoms with van der Waals surface area (Å²) in [6.07, 6.45) is 48.1. The zero-order valence-corrected chi connectivity index (χ0v) is 45.7. The number of fused-ring (bicyclic) bond motifs is 1. The molecule has 386 valence electrons. The fourth-order valence-corrected chi connectivity index (χ4v) is 12.1. The fraction of sp³-hybridized carbons (Fsp3) is 0.730. The van der Waals surface area contributed by atoms with E-state index in [1.165, 1.54) is 145 Å². The zero-order valence-electron chi connectivity index (χ0n) is 45.7. The van der Waals surface area contributed by atoms with Crippen LogP contribution in [-0.2, 0) is 9.53 Å². The van der Waals surface area contributed by atoms with Crippen LogP contribution in [0.5, 0.6) is 0 Å². The van der Waals surface area contributed by atoms with Crippen molar-refractivity contribution in [2.45, 2.75) is 260 Å². The van der Waals surface area contributed by atoms with Gasteiger partial charge in [0.05, 0.1) is 17.8 Å². The van der Waals surface area contributed by atoms with E-state index < -0.39 is 17.8 Å². The summed E-state index contributed by atoms with van der Waals surface area (Å²) in [7, 11) is 0. The number of ether oxygens (including phenoxy) is 1. The minimum Gasteiger partial charge on any atom is -0.461 e. The summed E-state index contributed by atoms with van der Waals surface area (Å²) in [5.41, 5.74) is 8.82. The molecular formula is C63H104O5. The Kier molecular flexibility index (Phi) is 27.1. The molecule has 4 aliphatic carbocycles. The first-order valence-corrected chi connectivity index (χ1v) is 28.0. The van der Waals surface area contributed by atoms with Crippen LogP contribution in [0, 0.1) is 28.6 Å². The van der Waals surface area contributed by atoms with E-state index in [-0.39, 0.29) is 11.4 Å². The predicted molar refractivity (Wildman–Crippen MR) is 291 cm³/mol. The van der Waals surface area contributed by atoms with Gasteiger partial charge in [-0.05, 0) is 157 Å². The second-order valence-electron chi connectivity index (χ2n) is 23.5. The molecular weight excluding hydrogens is 837 g/mol. The second kappa shape index (κ2) is 30.9. The van der Waals surface area contributed by atoms with Crippen molar-refractivity contribution in [3.8, 4) is 0 Å². The molecule has 4 aliphatic rings. The molecule has 0 aromatic heterocycles. The van der Waals surface area contributed by atoms with Crippen molar-refractivity contribution in [2.75, 3.05) is 6.61 Å². The Morgan fingerprint density at radius 2 is 1.49 bits per heavy atom. The van der Waals surface area contributed by atoms with E-state index in [1.54, 1.807) is 5.57 Å². The van der Waals surface area contributed by atoms with Crippen molar-refractivity contribution < 1.29 is 24.9 Å². The highest BCUT2D eigenvalue weighted by atomic mass is 16.5. The van der Waals surface area contributed by atoms with Gasteiger partial charge in [-0.3, -0.25) is 4.79 Å². The average Bonchev–Trinajstić information content (AvgIpc) is 3.63. The van der Waals surface area contributed by atoms with E-state index in [9.17, 15) is 20.1 Å². The van der Waals surface area contributed by atoms with Gasteiger partial charge < -0.3 is 20.1 Å². The van der Waals surface area contributed by atoms with E-state index in [1.807, 2.05) is 19.9 Å². The lowest BCUT2D eigenvalue weighted by molar-refractivity contribution is -0.142. The van der Waals surface area contributed by atoms with Crippen LogP contribution in [0.25, 0.3) is 0 Å². The molecule has 0 aromatic rings. The van der Waals surface area contributed by atoms with Crippen LogP contribution >= 0.6 is 0 Å². The standard InChI is InChI=1S/C36H60O2.C27H44O3/c1-7-8-9-10-11-12-13-14-15-16-17-18-19-25-35(37)38-30-28-32(3)23-20-22-31(2)26-27-34-33(4)24-21-29-36(34,5)6;1-18(8-6-14-26(3,4)30)23-12-13-24-20(9-7-15-27(23,24)5)10-11-21-16-22(28)17-25(29)19(21)2/h20,22-23,26-28H,7-19,21,24-25,29-30H2,1-6H3;10-11,18,22-25,28-30H,2,6-9,12-17H2,1,3-5H3/b23-20+,27-26+,31-22+,32-28+;20-10+,21-11-/t;18-,22-,23-,24+,25+,27-/m.1/s1. The summed E-state index contributed by atoms with van der Waals surface area (Å²) in [5, 5.41) is 30.2. The van der Waals surface area contributed by atoms with Crippen LogP contribution in [0.15, 0.2) is 94.2 Å². The van der Waals surface area contributed by atoms with Gasteiger partial charge in [0.1, 0.15) is 6.61 Å². The number of unbranched alkanes of at least 4 members (excludes halogenated alkanes) is 12. The first-order valence-electron chi connectivity index (χ1n) is 28.0. The van der Waals surface area contributed by atoms with E-state index in [2.05, 4.69) is 105 Å². The molecule has 0 radical (unpaired) electrons. The Labute approximate surface area is 418 Å². The van der Waals surface area contributed by atoms with E-state index in [0.29, 0.717) is 43.1 Å².